The van der Waals surface area contributed by atoms with Crippen LogP contribution in [0.1, 0.15) is 18.5 Å². The Morgan fingerprint density at radius 1 is 1.47 bits per heavy atom. The maximum Gasteiger partial charge on any atom is 0.246 e. The molecule has 0 aromatic heterocycles. The third-order valence-corrected chi connectivity index (χ3v) is 3.31. The zero-order valence-corrected chi connectivity index (χ0v) is 11.8. The molecule has 6 heteroatoms. The number of carbonyl (C=O) groups is 2. The molecule has 19 heavy (non-hydrogen) atoms. The summed E-state index contributed by atoms with van der Waals surface area (Å²) in [5.41, 5.74) is 1.51. The Balaban J connectivity index is 2.20. The molecule has 5 nitrogen and oxygen atoms in total. The maximum absolute atomic E-state index is 11.9. The summed E-state index contributed by atoms with van der Waals surface area (Å²) in [5.74, 6) is -0.251. The highest BCUT2D eigenvalue weighted by atomic mass is 35.5. The zero-order chi connectivity index (χ0) is 14.2. The van der Waals surface area contributed by atoms with Crippen LogP contribution in [0.25, 0.3) is 0 Å². The van der Waals surface area contributed by atoms with Gasteiger partial charge in [-0.2, -0.15) is 0 Å². The largest absolute Gasteiger partial charge is 0.347 e. The summed E-state index contributed by atoms with van der Waals surface area (Å²) in [6.07, 6.45) is 0. The Labute approximate surface area is 116 Å². The number of nitrogens with zero attached hydrogens (tertiary/aromatic N) is 1. The Kier molecular flexibility index (Phi) is 3.78. The molecule has 1 aliphatic heterocycles. The first-order valence-corrected chi connectivity index (χ1v) is 6.35. The minimum absolute atomic E-state index is 0.0803. The number of nitrogens with one attached hydrogen (secondary N) is 2. The number of fused-ring (bicyclic) bond motifs is 1. The van der Waals surface area contributed by atoms with Crippen LogP contribution in [-0.2, 0) is 9.59 Å². The Morgan fingerprint density at radius 3 is 2.79 bits per heavy atom. The van der Waals surface area contributed by atoms with Crippen LogP contribution >= 0.6 is 11.6 Å². The predicted molar refractivity (Wildman–Crippen MR) is 74.1 cm³/mol. The van der Waals surface area contributed by atoms with Crippen molar-refractivity contribution >= 4 is 29.1 Å². The van der Waals surface area contributed by atoms with E-state index in [4.69, 9.17) is 11.6 Å². The molecule has 1 aliphatic rings. The van der Waals surface area contributed by atoms with Gasteiger partial charge < -0.3 is 10.2 Å². The number of hydrogen-bond donors (Lipinski definition) is 2. The second-order valence-electron chi connectivity index (χ2n) is 4.77. The normalized spacial score (nSPS) is 18.7. The highest BCUT2D eigenvalue weighted by molar-refractivity contribution is 6.31. The SMILES string of the molecule is CC(NC1C(=O)Nc2ccc(Cl)cc21)C(=O)N(C)C. The number of anilines is 1. The second-order valence-corrected chi connectivity index (χ2v) is 5.21. The smallest absolute Gasteiger partial charge is 0.246 e. The molecule has 0 bridgehead atoms. The van der Waals surface area contributed by atoms with Crippen LogP contribution in [0, 0.1) is 0 Å². The molecule has 2 amide bonds. The summed E-state index contributed by atoms with van der Waals surface area (Å²) in [5, 5.41) is 6.36. The third kappa shape index (κ3) is 2.72. The lowest BCUT2D eigenvalue weighted by Crippen LogP contribution is -2.44. The van der Waals surface area contributed by atoms with Crippen LogP contribution in [0.15, 0.2) is 18.2 Å². The summed E-state index contributed by atoms with van der Waals surface area (Å²) >= 11 is 5.94. The van der Waals surface area contributed by atoms with Gasteiger partial charge in [0.05, 0.1) is 6.04 Å². The molecule has 1 aromatic rings. The van der Waals surface area contributed by atoms with E-state index in [0.717, 1.165) is 11.3 Å². The van der Waals surface area contributed by atoms with Crippen LogP contribution < -0.4 is 10.6 Å². The summed E-state index contributed by atoms with van der Waals surface area (Å²) in [6, 6.07) is 4.22. The van der Waals surface area contributed by atoms with Crippen molar-refractivity contribution in [1.29, 1.82) is 0 Å². The molecule has 2 N–H and O–H groups in total. The van der Waals surface area contributed by atoms with E-state index in [1.54, 1.807) is 39.2 Å². The quantitative estimate of drug-likeness (QED) is 0.880. The summed E-state index contributed by atoms with van der Waals surface area (Å²) in [4.78, 5) is 25.2. The van der Waals surface area contributed by atoms with Gasteiger partial charge in [0.1, 0.15) is 6.04 Å². The monoisotopic (exact) mass is 281 g/mol. The van der Waals surface area contributed by atoms with E-state index in [-0.39, 0.29) is 11.8 Å². The summed E-state index contributed by atoms with van der Waals surface area (Å²) < 4.78 is 0. The van der Waals surface area contributed by atoms with Gasteiger partial charge in [-0.25, -0.2) is 0 Å². The fourth-order valence-electron chi connectivity index (χ4n) is 2.11. The molecule has 2 rings (SSSR count). The predicted octanol–water partition coefficient (Wildman–Crippen LogP) is 1.40. The highest BCUT2D eigenvalue weighted by Crippen LogP contribution is 2.33. The third-order valence-electron chi connectivity index (χ3n) is 3.07. The summed E-state index contributed by atoms with van der Waals surface area (Å²) in [7, 11) is 3.36. The van der Waals surface area contributed by atoms with Crippen LogP contribution in [-0.4, -0.2) is 36.9 Å². The molecule has 0 spiro atoms. The van der Waals surface area contributed by atoms with Crippen molar-refractivity contribution in [3.05, 3.63) is 28.8 Å². The molecule has 0 aliphatic carbocycles. The minimum atomic E-state index is -0.549. The van der Waals surface area contributed by atoms with E-state index >= 15 is 0 Å². The molecule has 0 saturated carbocycles. The molecular weight excluding hydrogens is 266 g/mol. The summed E-state index contributed by atoms with van der Waals surface area (Å²) in [6.45, 7) is 1.73. The lowest BCUT2D eigenvalue weighted by Gasteiger charge is -2.21. The van der Waals surface area contributed by atoms with Gasteiger partial charge in [0.25, 0.3) is 0 Å². The van der Waals surface area contributed by atoms with Crippen molar-refractivity contribution in [2.75, 3.05) is 19.4 Å². The number of rotatable bonds is 3. The lowest BCUT2D eigenvalue weighted by molar-refractivity contribution is -0.131. The molecule has 2 unspecified atom stereocenters. The topological polar surface area (TPSA) is 61.4 Å². The van der Waals surface area contributed by atoms with Gasteiger partial charge in [-0.15, -0.1) is 0 Å². The first-order chi connectivity index (χ1) is 8.90. The number of amides is 2. The van der Waals surface area contributed by atoms with Gasteiger partial charge in [-0.1, -0.05) is 11.6 Å². The molecule has 1 aromatic carbocycles. The van der Waals surface area contributed by atoms with Gasteiger partial charge in [0.15, 0.2) is 0 Å². The number of halogens is 1. The number of benzene rings is 1. The highest BCUT2D eigenvalue weighted by Gasteiger charge is 2.33. The van der Waals surface area contributed by atoms with Crippen LogP contribution in [0.3, 0.4) is 0 Å². The first-order valence-electron chi connectivity index (χ1n) is 5.97. The zero-order valence-electron chi connectivity index (χ0n) is 11.0. The van der Waals surface area contributed by atoms with E-state index in [9.17, 15) is 9.59 Å². The van der Waals surface area contributed by atoms with E-state index in [2.05, 4.69) is 10.6 Å². The van der Waals surface area contributed by atoms with Crippen molar-refractivity contribution < 1.29 is 9.59 Å². The maximum atomic E-state index is 11.9. The standard InChI is InChI=1S/C13H16ClN3O2/c1-7(13(19)17(2)3)15-11-9-6-8(14)4-5-10(9)16-12(11)18/h4-7,11,15H,1-3H3,(H,16,18). The van der Waals surface area contributed by atoms with Gasteiger partial charge in [0.2, 0.25) is 11.8 Å². The van der Waals surface area contributed by atoms with Gasteiger partial charge >= 0.3 is 0 Å². The van der Waals surface area contributed by atoms with Crippen LogP contribution in [0.5, 0.6) is 0 Å². The van der Waals surface area contributed by atoms with E-state index in [1.165, 1.54) is 4.90 Å². The van der Waals surface area contributed by atoms with Crippen molar-refractivity contribution in [3.63, 3.8) is 0 Å². The van der Waals surface area contributed by atoms with Gasteiger partial charge in [-0.05, 0) is 25.1 Å². The fourth-order valence-corrected chi connectivity index (χ4v) is 2.29. The molecule has 102 valence electrons. The molecule has 0 fully saturated rings. The Morgan fingerprint density at radius 2 is 2.16 bits per heavy atom. The number of likely N-dealkylation sites (N-methyl/N-ethyl adjacent to an activating group) is 1. The van der Waals surface area contributed by atoms with Crippen LogP contribution in [0.2, 0.25) is 5.02 Å². The van der Waals surface area contributed by atoms with Crippen molar-refractivity contribution in [2.45, 2.75) is 19.0 Å². The van der Waals surface area contributed by atoms with Gasteiger partial charge in [0, 0.05) is 30.4 Å². The van der Waals surface area contributed by atoms with Crippen molar-refractivity contribution in [3.8, 4) is 0 Å². The molecule has 1 heterocycles. The minimum Gasteiger partial charge on any atom is -0.347 e. The Bertz CT molecular complexity index is 531. The molecule has 0 radical (unpaired) electrons. The molecule has 2 atom stereocenters. The molecular formula is C13H16ClN3O2. The average Bonchev–Trinajstić information content (AvgIpc) is 2.65. The second kappa shape index (κ2) is 5.19. The fraction of sp³-hybridized carbons (Fsp3) is 0.385. The number of carbonyl (C=O) groups excluding carboxylic acids is 2. The lowest BCUT2D eigenvalue weighted by atomic mass is 10.1. The van der Waals surface area contributed by atoms with Crippen LogP contribution in [0.4, 0.5) is 5.69 Å². The Hall–Kier alpha value is -1.59. The van der Waals surface area contributed by atoms with Crippen molar-refractivity contribution in [1.82, 2.24) is 10.2 Å². The van der Waals surface area contributed by atoms with E-state index in [0.29, 0.717) is 5.02 Å². The van der Waals surface area contributed by atoms with E-state index < -0.39 is 12.1 Å². The van der Waals surface area contributed by atoms with E-state index in [1.807, 2.05) is 0 Å². The first kappa shape index (κ1) is 13.8. The average molecular weight is 282 g/mol. The molecule has 0 saturated heterocycles. The van der Waals surface area contributed by atoms with Crippen molar-refractivity contribution in [2.24, 2.45) is 0 Å². The van der Waals surface area contributed by atoms with Gasteiger partial charge in [-0.3, -0.25) is 14.9 Å². The number of hydrogen-bond acceptors (Lipinski definition) is 3.